The molecule has 2 N–H and O–H groups in total. The highest BCUT2D eigenvalue weighted by molar-refractivity contribution is 7.91. The molecule has 0 aromatic carbocycles. The number of halogens is 1. The lowest BCUT2D eigenvalue weighted by atomic mass is 10.2. The van der Waals surface area contributed by atoms with Crippen LogP contribution in [0.3, 0.4) is 0 Å². The van der Waals surface area contributed by atoms with Crippen LogP contribution in [0.25, 0.3) is 0 Å². The molecule has 1 fully saturated rings. The van der Waals surface area contributed by atoms with E-state index in [1.807, 2.05) is 0 Å². The second-order valence-corrected chi connectivity index (χ2v) is 8.33. The minimum absolute atomic E-state index is 0.294. The third kappa shape index (κ3) is 2.72. The Morgan fingerprint density at radius 1 is 1.44 bits per heavy atom. The van der Waals surface area contributed by atoms with Crippen molar-refractivity contribution in [1.82, 2.24) is 4.31 Å². The summed E-state index contributed by atoms with van der Waals surface area (Å²) in [5.41, 5.74) is 6.76. The summed E-state index contributed by atoms with van der Waals surface area (Å²) >= 11 is 7.05. The summed E-state index contributed by atoms with van der Waals surface area (Å²) in [5, 5.41) is 0. The molecule has 1 aliphatic rings. The molecule has 1 atom stereocenters. The van der Waals surface area contributed by atoms with Gasteiger partial charge in [-0.15, -0.1) is 11.3 Å². The second-order valence-electron chi connectivity index (χ2n) is 4.55. The van der Waals surface area contributed by atoms with Crippen molar-refractivity contribution in [2.45, 2.75) is 43.0 Å². The Balaban J connectivity index is 2.34. The van der Waals surface area contributed by atoms with Gasteiger partial charge >= 0.3 is 0 Å². The Kier molecular flexibility index (Phi) is 4.33. The Bertz CT molecular complexity index is 508. The average molecular weight is 309 g/mol. The lowest BCUT2D eigenvalue weighted by Gasteiger charge is -2.25. The summed E-state index contributed by atoms with van der Waals surface area (Å²) in [6, 6.07) is 1.62. The van der Waals surface area contributed by atoms with Gasteiger partial charge in [0.15, 0.2) is 0 Å². The first-order chi connectivity index (χ1) is 8.43. The van der Waals surface area contributed by atoms with Crippen LogP contribution in [0.15, 0.2) is 10.3 Å². The molecular formula is C11H17ClN2O2S2. The smallest absolute Gasteiger partial charge is 0.253 e. The van der Waals surface area contributed by atoms with Gasteiger partial charge in [0.25, 0.3) is 10.0 Å². The van der Waals surface area contributed by atoms with Gasteiger partial charge in [-0.1, -0.05) is 24.4 Å². The molecule has 2 rings (SSSR count). The maximum Gasteiger partial charge on any atom is 0.253 e. The van der Waals surface area contributed by atoms with Crippen molar-refractivity contribution >= 4 is 33.0 Å². The highest BCUT2D eigenvalue weighted by Crippen LogP contribution is 2.33. The van der Waals surface area contributed by atoms with E-state index < -0.39 is 16.2 Å². The molecule has 0 bridgehead atoms. The molecule has 1 aromatic heterocycles. The molecule has 0 saturated carbocycles. The van der Waals surface area contributed by atoms with Crippen LogP contribution in [-0.4, -0.2) is 25.4 Å². The summed E-state index contributed by atoms with van der Waals surface area (Å²) in [6.45, 7) is 2.30. The van der Waals surface area contributed by atoms with Gasteiger partial charge in [0.1, 0.15) is 4.21 Å². The van der Waals surface area contributed by atoms with E-state index in [-0.39, 0.29) is 0 Å². The number of hydrogen-bond acceptors (Lipinski definition) is 4. The van der Waals surface area contributed by atoms with Gasteiger partial charge in [0.2, 0.25) is 0 Å². The SMILES string of the molecule is Cc1cc(S(=O)(=O)N2CCCCCC2N)sc1Cl. The second kappa shape index (κ2) is 5.46. The molecule has 1 aromatic rings. The van der Waals surface area contributed by atoms with Gasteiger partial charge in [-0.2, -0.15) is 4.31 Å². The van der Waals surface area contributed by atoms with Crippen LogP contribution in [0.4, 0.5) is 0 Å². The van der Waals surface area contributed by atoms with E-state index in [9.17, 15) is 8.42 Å². The minimum atomic E-state index is -3.49. The number of rotatable bonds is 2. The number of nitrogens with zero attached hydrogens (tertiary/aromatic N) is 1. The third-order valence-electron chi connectivity index (χ3n) is 3.15. The predicted molar refractivity (Wildman–Crippen MR) is 74.4 cm³/mol. The van der Waals surface area contributed by atoms with Crippen LogP contribution >= 0.6 is 22.9 Å². The fourth-order valence-corrected chi connectivity index (χ4v) is 5.50. The normalized spacial score (nSPS) is 22.9. The maximum absolute atomic E-state index is 12.5. The molecule has 102 valence electrons. The lowest BCUT2D eigenvalue weighted by Crippen LogP contribution is -2.44. The summed E-state index contributed by atoms with van der Waals surface area (Å²) in [4.78, 5) is 0. The molecule has 18 heavy (non-hydrogen) atoms. The van der Waals surface area contributed by atoms with Crippen molar-refractivity contribution in [2.24, 2.45) is 5.73 Å². The first kappa shape index (κ1) is 14.3. The molecule has 1 aliphatic heterocycles. The highest BCUT2D eigenvalue weighted by Gasteiger charge is 2.31. The molecule has 0 spiro atoms. The molecule has 0 aliphatic carbocycles. The Labute approximate surface area is 117 Å². The quantitative estimate of drug-likeness (QED) is 0.913. The maximum atomic E-state index is 12.5. The number of aryl methyl sites for hydroxylation is 1. The van der Waals surface area contributed by atoms with Crippen molar-refractivity contribution in [1.29, 1.82) is 0 Å². The van der Waals surface area contributed by atoms with Crippen LogP contribution in [0.1, 0.15) is 31.2 Å². The predicted octanol–water partition coefficient (Wildman–Crippen LogP) is 2.56. The van der Waals surface area contributed by atoms with Crippen molar-refractivity contribution < 1.29 is 8.42 Å². The van der Waals surface area contributed by atoms with E-state index in [1.54, 1.807) is 13.0 Å². The minimum Gasteiger partial charge on any atom is -0.315 e. The largest absolute Gasteiger partial charge is 0.315 e. The molecule has 7 heteroatoms. The van der Waals surface area contributed by atoms with Crippen molar-refractivity contribution in [3.05, 3.63) is 16.0 Å². The topological polar surface area (TPSA) is 63.4 Å². The van der Waals surface area contributed by atoms with E-state index in [2.05, 4.69) is 0 Å². The van der Waals surface area contributed by atoms with Gasteiger partial charge in [-0.05, 0) is 31.4 Å². The molecule has 0 radical (unpaired) electrons. The van der Waals surface area contributed by atoms with E-state index in [0.717, 1.165) is 42.6 Å². The fourth-order valence-electron chi connectivity index (χ4n) is 2.08. The molecule has 1 unspecified atom stereocenters. The van der Waals surface area contributed by atoms with E-state index in [1.165, 1.54) is 4.31 Å². The first-order valence-corrected chi connectivity index (χ1v) is 8.60. The van der Waals surface area contributed by atoms with Crippen LogP contribution in [0, 0.1) is 6.92 Å². The molecule has 2 heterocycles. The summed E-state index contributed by atoms with van der Waals surface area (Å²) < 4.78 is 27.3. The zero-order chi connectivity index (χ0) is 13.3. The van der Waals surface area contributed by atoms with Crippen molar-refractivity contribution in [3.8, 4) is 0 Å². The zero-order valence-electron chi connectivity index (χ0n) is 10.2. The van der Waals surface area contributed by atoms with Crippen LogP contribution in [0.2, 0.25) is 4.34 Å². The monoisotopic (exact) mass is 308 g/mol. The van der Waals surface area contributed by atoms with Crippen molar-refractivity contribution in [3.63, 3.8) is 0 Å². The zero-order valence-corrected chi connectivity index (χ0v) is 12.6. The Morgan fingerprint density at radius 2 is 2.17 bits per heavy atom. The van der Waals surface area contributed by atoms with Crippen molar-refractivity contribution in [2.75, 3.05) is 6.54 Å². The highest BCUT2D eigenvalue weighted by atomic mass is 35.5. The van der Waals surface area contributed by atoms with Crippen LogP contribution in [-0.2, 0) is 10.0 Å². The fraction of sp³-hybridized carbons (Fsp3) is 0.636. The van der Waals surface area contributed by atoms with Gasteiger partial charge in [0.05, 0.1) is 10.5 Å². The number of thiophene rings is 1. The van der Waals surface area contributed by atoms with E-state index >= 15 is 0 Å². The van der Waals surface area contributed by atoms with Crippen LogP contribution < -0.4 is 5.73 Å². The Hall–Kier alpha value is -0.140. The lowest BCUT2D eigenvalue weighted by molar-refractivity contribution is 0.330. The van der Waals surface area contributed by atoms with Gasteiger partial charge in [-0.25, -0.2) is 8.42 Å². The first-order valence-electron chi connectivity index (χ1n) is 5.96. The van der Waals surface area contributed by atoms with Gasteiger partial charge in [-0.3, -0.25) is 0 Å². The van der Waals surface area contributed by atoms with Crippen LogP contribution in [0.5, 0.6) is 0 Å². The Morgan fingerprint density at radius 3 is 2.78 bits per heavy atom. The average Bonchev–Trinajstić information content (AvgIpc) is 2.51. The molecule has 4 nitrogen and oxygen atoms in total. The summed E-state index contributed by atoms with van der Waals surface area (Å²) in [6.07, 6.45) is 3.18. The van der Waals surface area contributed by atoms with E-state index in [4.69, 9.17) is 17.3 Å². The molecular weight excluding hydrogens is 292 g/mol. The number of sulfonamides is 1. The molecule has 0 amide bonds. The van der Waals surface area contributed by atoms with Gasteiger partial charge in [0, 0.05) is 6.54 Å². The summed E-state index contributed by atoms with van der Waals surface area (Å²) in [5.74, 6) is 0. The molecule has 1 saturated heterocycles. The number of hydrogen-bond donors (Lipinski definition) is 1. The third-order valence-corrected chi connectivity index (χ3v) is 7.07. The standard InChI is InChI=1S/C11H17ClN2O2S2/c1-8-7-10(17-11(8)12)18(15,16)14-6-4-2-3-5-9(14)13/h7,9H,2-6,13H2,1H3. The number of nitrogens with two attached hydrogens (primary N) is 1. The van der Waals surface area contributed by atoms with Gasteiger partial charge < -0.3 is 5.73 Å². The van der Waals surface area contributed by atoms with E-state index in [0.29, 0.717) is 15.1 Å². The summed E-state index contributed by atoms with van der Waals surface area (Å²) in [7, 11) is -3.49.